The van der Waals surface area contributed by atoms with E-state index in [1.54, 1.807) is 6.07 Å². The molecule has 2 aromatic carbocycles. The Labute approximate surface area is 182 Å². The summed E-state index contributed by atoms with van der Waals surface area (Å²) in [5.74, 6) is -1.31. The molecule has 0 saturated carbocycles. The Balaban J connectivity index is 1.29. The van der Waals surface area contributed by atoms with Crippen molar-refractivity contribution in [2.45, 2.75) is 32.6 Å². The minimum Gasteiger partial charge on any atom is -0.372 e. The van der Waals surface area contributed by atoms with Gasteiger partial charge in [-0.05, 0) is 62.4 Å². The lowest BCUT2D eigenvalue weighted by atomic mass is 10.1. The summed E-state index contributed by atoms with van der Waals surface area (Å²) in [5, 5.41) is 6.24. The van der Waals surface area contributed by atoms with E-state index < -0.39 is 11.8 Å². The number of rotatable bonds is 5. The van der Waals surface area contributed by atoms with Crippen molar-refractivity contribution >= 4 is 34.1 Å². The average molecular weight is 417 g/mol. The number of aryl methyl sites for hydroxylation is 1. The second-order valence-corrected chi connectivity index (χ2v) is 8.00. The Morgan fingerprint density at radius 3 is 2.48 bits per heavy atom. The second-order valence-electron chi connectivity index (χ2n) is 8.00. The predicted molar refractivity (Wildman–Crippen MR) is 124 cm³/mol. The van der Waals surface area contributed by atoms with Gasteiger partial charge in [-0.3, -0.25) is 14.6 Å². The first-order valence-corrected chi connectivity index (χ1v) is 10.9. The lowest BCUT2D eigenvalue weighted by molar-refractivity contribution is -0.136. The molecule has 1 aromatic heterocycles. The van der Waals surface area contributed by atoms with Crippen molar-refractivity contribution in [3.63, 3.8) is 0 Å². The summed E-state index contributed by atoms with van der Waals surface area (Å²) < 4.78 is 0. The van der Waals surface area contributed by atoms with Crippen molar-refractivity contribution < 1.29 is 9.59 Å². The van der Waals surface area contributed by atoms with Gasteiger partial charge in [0.1, 0.15) is 0 Å². The Morgan fingerprint density at radius 2 is 1.71 bits per heavy atom. The number of hydrogen-bond donors (Lipinski definition) is 2. The van der Waals surface area contributed by atoms with Gasteiger partial charge in [0.05, 0.1) is 11.2 Å². The van der Waals surface area contributed by atoms with Crippen molar-refractivity contribution in [1.82, 2.24) is 10.3 Å². The molecule has 2 amide bonds. The first kappa shape index (κ1) is 20.8. The Bertz CT molecular complexity index is 1070. The molecule has 0 bridgehead atoms. The monoisotopic (exact) mass is 416 g/mol. The van der Waals surface area contributed by atoms with Gasteiger partial charge in [0.25, 0.3) is 0 Å². The molecule has 6 heteroatoms. The number of nitrogens with zero attached hydrogens (tertiary/aromatic N) is 2. The fourth-order valence-corrected chi connectivity index (χ4v) is 4.02. The van der Waals surface area contributed by atoms with E-state index in [9.17, 15) is 9.59 Å². The van der Waals surface area contributed by atoms with Crippen LogP contribution < -0.4 is 15.5 Å². The van der Waals surface area contributed by atoms with Gasteiger partial charge in [0.15, 0.2) is 0 Å². The number of anilines is 2. The molecule has 1 aliphatic rings. The minimum absolute atomic E-state index is 0.408. The smallest absolute Gasteiger partial charge is 0.313 e. The molecule has 31 heavy (non-hydrogen) atoms. The summed E-state index contributed by atoms with van der Waals surface area (Å²) in [4.78, 5) is 31.5. The topological polar surface area (TPSA) is 74.3 Å². The van der Waals surface area contributed by atoms with Crippen molar-refractivity contribution in [2.24, 2.45) is 0 Å². The largest absolute Gasteiger partial charge is 0.372 e. The SMILES string of the molecule is Cc1cc(NC(=O)C(=O)NCCc2ccc(N3CCCCC3)cc2)c2ccccc2n1. The number of carbonyl (C=O) groups excluding carboxylic acids is 2. The molecule has 0 atom stereocenters. The summed E-state index contributed by atoms with van der Waals surface area (Å²) in [5.41, 5.74) is 4.55. The molecule has 6 nitrogen and oxygen atoms in total. The molecular formula is C25H28N4O2. The van der Waals surface area contributed by atoms with Gasteiger partial charge >= 0.3 is 11.8 Å². The predicted octanol–water partition coefficient (Wildman–Crippen LogP) is 3.83. The minimum atomic E-state index is -0.670. The third kappa shape index (κ3) is 5.20. The standard InChI is InChI=1S/C25H28N4O2/c1-18-17-23(21-7-3-4-8-22(21)27-18)28-25(31)24(30)26-14-13-19-9-11-20(12-10-19)29-15-5-2-6-16-29/h3-4,7-12,17H,2,5-6,13-16H2,1H3,(H,26,30)(H,27,28,31). The first-order valence-electron chi connectivity index (χ1n) is 10.9. The van der Waals surface area contributed by atoms with Crippen molar-refractivity contribution in [1.29, 1.82) is 0 Å². The van der Waals surface area contributed by atoms with E-state index in [0.717, 1.165) is 35.2 Å². The van der Waals surface area contributed by atoms with Gasteiger partial charge in [0.2, 0.25) is 0 Å². The highest BCUT2D eigenvalue weighted by Gasteiger charge is 2.15. The molecule has 0 unspecified atom stereocenters. The number of carbonyl (C=O) groups is 2. The van der Waals surface area contributed by atoms with E-state index in [0.29, 0.717) is 18.7 Å². The Kier molecular flexibility index (Phi) is 6.46. The van der Waals surface area contributed by atoms with Crippen molar-refractivity contribution in [3.8, 4) is 0 Å². The van der Waals surface area contributed by atoms with Gasteiger partial charge in [-0.2, -0.15) is 0 Å². The molecule has 160 valence electrons. The van der Waals surface area contributed by atoms with Crippen LogP contribution in [0.2, 0.25) is 0 Å². The maximum atomic E-state index is 12.4. The number of hydrogen-bond acceptors (Lipinski definition) is 4. The molecule has 2 heterocycles. The molecule has 0 spiro atoms. The zero-order valence-electron chi connectivity index (χ0n) is 17.9. The number of para-hydroxylation sites is 1. The maximum Gasteiger partial charge on any atom is 0.313 e. The van der Waals surface area contributed by atoms with Crippen LogP contribution in [0.1, 0.15) is 30.5 Å². The number of piperidine rings is 1. The van der Waals surface area contributed by atoms with Crippen molar-refractivity contribution in [2.75, 3.05) is 29.9 Å². The van der Waals surface area contributed by atoms with Crippen LogP contribution in [0.4, 0.5) is 11.4 Å². The van der Waals surface area contributed by atoms with E-state index in [2.05, 4.69) is 44.8 Å². The molecule has 2 N–H and O–H groups in total. The quantitative estimate of drug-likeness (QED) is 0.620. The fourth-order valence-electron chi connectivity index (χ4n) is 4.02. The van der Waals surface area contributed by atoms with Crippen LogP contribution >= 0.6 is 0 Å². The zero-order chi connectivity index (χ0) is 21.6. The normalized spacial score (nSPS) is 13.8. The number of nitrogens with one attached hydrogen (secondary N) is 2. The third-order valence-electron chi connectivity index (χ3n) is 5.66. The molecule has 0 radical (unpaired) electrons. The number of amides is 2. The van der Waals surface area contributed by atoms with Crippen LogP contribution in [0.25, 0.3) is 10.9 Å². The van der Waals surface area contributed by atoms with E-state index in [4.69, 9.17) is 0 Å². The van der Waals surface area contributed by atoms with E-state index in [-0.39, 0.29) is 0 Å². The van der Waals surface area contributed by atoms with E-state index in [1.807, 2.05) is 31.2 Å². The second kappa shape index (κ2) is 9.60. The lowest BCUT2D eigenvalue weighted by Gasteiger charge is -2.28. The fraction of sp³-hybridized carbons (Fsp3) is 0.320. The summed E-state index contributed by atoms with van der Waals surface area (Å²) in [6.45, 7) is 4.51. The summed E-state index contributed by atoms with van der Waals surface area (Å²) >= 11 is 0. The van der Waals surface area contributed by atoms with Gasteiger partial charge < -0.3 is 15.5 Å². The highest BCUT2D eigenvalue weighted by molar-refractivity contribution is 6.40. The summed E-state index contributed by atoms with van der Waals surface area (Å²) in [6.07, 6.45) is 4.50. The molecule has 1 aliphatic heterocycles. The molecule has 4 rings (SSSR count). The highest BCUT2D eigenvalue weighted by Crippen LogP contribution is 2.23. The zero-order valence-corrected chi connectivity index (χ0v) is 17.9. The van der Waals surface area contributed by atoms with Crippen molar-refractivity contribution in [3.05, 3.63) is 65.9 Å². The van der Waals surface area contributed by atoms with Crippen LogP contribution in [0.3, 0.4) is 0 Å². The lowest BCUT2D eigenvalue weighted by Crippen LogP contribution is -2.36. The van der Waals surface area contributed by atoms with Gasteiger partial charge in [0, 0.05) is 36.4 Å². The summed E-state index contributed by atoms with van der Waals surface area (Å²) in [6, 6.07) is 17.8. The van der Waals surface area contributed by atoms with Gasteiger partial charge in [-0.1, -0.05) is 30.3 Å². The molecule has 1 fully saturated rings. The number of aromatic nitrogens is 1. The first-order chi connectivity index (χ1) is 15.1. The van der Waals surface area contributed by atoms with Crippen LogP contribution in [-0.4, -0.2) is 36.4 Å². The molecular weight excluding hydrogens is 388 g/mol. The van der Waals surface area contributed by atoms with Crippen LogP contribution in [-0.2, 0) is 16.0 Å². The number of pyridine rings is 1. The average Bonchev–Trinajstić information content (AvgIpc) is 2.80. The molecule has 3 aromatic rings. The van der Waals surface area contributed by atoms with Crippen LogP contribution in [0.5, 0.6) is 0 Å². The van der Waals surface area contributed by atoms with E-state index in [1.165, 1.54) is 24.9 Å². The van der Waals surface area contributed by atoms with Crippen LogP contribution in [0, 0.1) is 6.92 Å². The van der Waals surface area contributed by atoms with Gasteiger partial charge in [-0.25, -0.2) is 0 Å². The number of fused-ring (bicyclic) bond motifs is 1. The molecule has 1 saturated heterocycles. The maximum absolute atomic E-state index is 12.4. The van der Waals surface area contributed by atoms with Crippen LogP contribution in [0.15, 0.2) is 54.6 Å². The molecule has 0 aliphatic carbocycles. The van der Waals surface area contributed by atoms with E-state index >= 15 is 0 Å². The number of benzene rings is 2. The Hall–Kier alpha value is -3.41. The highest BCUT2D eigenvalue weighted by atomic mass is 16.2. The Morgan fingerprint density at radius 1 is 0.968 bits per heavy atom. The summed E-state index contributed by atoms with van der Waals surface area (Å²) in [7, 11) is 0. The third-order valence-corrected chi connectivity index (χ3v) is 5.66. The van der Waals surface area contributed by atoms with Gasteiger partial charge in [-0.15, -0.1) is 0 Å².